The van der Waals surface area contributed by atoms with E-state index in [4.69, 9.17) is 16.3 Å². The maximum Gasteiger partial charge on any atom is 0.341 e. The summed E-state index contributed by atoms with van der Waals surface area (Å²) in [6.07, 6.45) is 4.98. The van der Waals surface area contributed by atoms with Crippen LogP contribution in [0.5, 0.6) is 5.75 Å². The average molecular weight is 563 g/mol. The van der Waals surface area contributed by atoms with Crippen molar-refractivity contribution in [2.75, 3.05) is 26.0 Å². The van der Waals surface area contributed by atoms with Gasteiger partial charge < -0.3 is 19.5 Å². The van der Waals surface area contributed by atoms with Gasteiger partial charge in [0.1, 0.15) is 23.2 Å². The Morgan fingerprint density at radius 2 is 1.95 bits per heavy atom. The lowest BCUT2D eigenvalue weighted by atomic mass is 9.98. The Morgan fingerprint density at radius 3 is 2.55 bits per heavy atom. The zero-order valence-electron chi connectivity index (χ0n) is 21.6. The number of carboxylic acids is 1. The van der Waals surface area contributed by atoms with Crippen LogP contribution in [-0.4, -0.2) is 57.1 Å². The SMILES string of the molecule is CSN1CCC(Oc2cc3c(cc2Cc2cccc(Cl)c2F)c(=O)c(C(=O)O)cn3C(CO)C(C)C)CC1. The number of pyridine rings is 1. The summed E-state index contributed by atoms with van der Waals surface area (Å²) in [5.41, 5.74) is 0.317. The predicted octanol–water partition coefficient (Wildman–Crippen LogP) is 5.39. The third-order valence-corrected chi connectivity index (χ3v) is 8.30. The number of aromatic nitrogens is 1. The Kier molecular flexibility index (Phi) is 9.03. The largest absolute Gasteiger partial charge is 0.490 e. The first kappa shape index (κ1) is 28.4. The van der Waals surface area contributed by atoms with Crippen LogP contribution < -0.4 is 10.2 Å². The van der Waals surface area contributed by atoms with Crippen LogP contribution in [0.1, 0.15) is 54.2 Å². The van der Waals surface area contributed by atoms with Gasteiger partial charge >= 0.3 is 5.97 Å². The molecule has 3 aromatic rings. The molecule has 2 N–H and O–H groups in total. The maximum absolute atomic E-state index is 14.9. The number of fused-ring (bicyclic) bond motifs is 1. The molecule has 1 aliphatic rings. The van der Waals surface area contributed by atoms with Crippen molar-refractivity contribution in [1.82, 2.24) is 8.87 Å². The van der Waals surface area contributed by atoms with Crippen molar-refractivity contribution in [2.45, 2.75) is 45.3 Å². The van der Waals surface area contributed by atoms with Crippen LogP contribution in [0.4, 0.5) is 4.39 Å². The summed E-state index contributed by atoms with van der Waals surface area (Å²) in [7, 11) is 0. The van der Waals surface area contributed by atoms with E-state index in [1.165, 1.54) is 12.3 Å². The molecule has 7 nitrogen and oxygen atoms in total. The Hall–Kier alpha value is -2.59. The second-order valence-corrected chi connectivity index (χ2v) is 11.2. The Balaban J connectivity index is 1.92. The average Bonchev–Trinajstić information content (AvgIpc) is 2.89. The van der Waals surface area contributed by atoms with Gasteiger partial charge in [-0.3, -0.25) is 9.10 Å². The van der Waals surface area contributed by atoms with Gasteiger partial charge in [-0.15, -0.1) is 0 Å². The van der Waals surface area contributed by atoms with Gasteiger partial charge in [0.15, 0.2) is 0 Å². The number of aliphatic hydroxyl groups is 1. The second-order valence-electron chi connectivity index (χ2n) is 9.87. The molecule has 0 amide bonds. The van der Waals surface area contributed by atoms with Crippen LogP contribution in [0.15, 0.2) is 41.3 Å². The molecule has 1 unspecified atom stereocenters. The molecule has 0 spiro atoms. The normalized spacial score (nSPS) is 15.8. The highest BCUT2D eigenvalue weighted by Crippen LogP contribution is 2.33. The molecule has 2 aromatic carbocycles. The van der Waals surface area contributed by atoms with Crippen LogP contribution in [0.3, 0.4) is 0 Å². The molecule has 4 rings (SSSR count). The summed E-state index contributed by atoms with van der Waals surface area (Å²) in [6.45, 7) is 5.32. The topological polar surface area (TPSA) is 92.0 Å². The predicted molar refractivity (Wildman–Crippen MR) is 149 cm³/mol. The summed E-state index contributed by atoms with van der Waals surface area (Å²) >= 11 is 7.72. The molecule has 1 atom stereocenters. The second kappa shape index (κ2) is 12.1. The molecule has 0 saturated carbocycles. The van der Waals surface area contributed by atoms with Crippen LogP contribution in [0, 0.1) is 11.7 Å². The fourth-order valence-corrected chi connectivity index (χ4v) is 5.69. The molecular formula is C28H32ClFN2O5S. The number of carboxylic acid groups (broad SMARTS) is 1. The van der Waals surface area contributed by atoms with Gasteiger partial charge in [-0.2, -0.15) is 0 Å². The van der Waals surface area contributed by atoms with Crippen molar-refractivity contribution in [3.05, 3.63) is 74.3 Å². The van der Waals surface area contributed by atoms with E-state index in [2.05, 4.69) is 4.31 Å². The van der Waals surface area contributed by atoms with Crippen molar-refractivity contribution < 1.29 is 24.1 Å². The van der Waals surface area contributed by atoms with Crippen molar-refractivity contribution in [1.29, 1.82) is 0 Å². The number of ether oxygens (including phenoxy) is 1. The molecule has 1 saturated heterocycles. The third kappa shape index (κ3) is 5.86. The maximum atomic E-state index is 14.9. The molecule has 0 bridgehead atoms. The van der Waals surface area contributed by atoms with Crippen LogP contribution in [-0.2, 0) is 6.42 Å². The number of rotatable bonds is 9. The summed E-state index contributed by atoms with van der Waals surface area (Å²) in [6, 6.07) is 7.61. The number of aromatic carboxylic acids is 1. The first-order valence-corrected chi connectivity index (χ1v) is 14.1. The van der Waals surface area contributed by atoms with Gasteiger partial charge in [-0.25, -0.2) is 9.18 Å². The molecule has 38 heavy (non-hydrogen) atoms. The van der Waals surface area contributed by atoms with Crippen LogP contribution >= 0.6 is 23.5 Å². The fraction of sp³-hybridized carbons (Fsp3) is 0.429. The zero-order valence-corrected chi connectivity index (χ0v) is 23.2. The fourth-order valence-electron chi connectivity index (χ4n) is 4.92. The molecule has 1 aromatic heterocycles. The standard InChI is InChI=1S/C28H32ClFN2O5S/c1-16(2)24(15-33)32-14-21(28(35)36)27(34)20-12-18(11-17-5-4-6-22(29)26(17)30)25(13-23(20)32)37-19-7-9-31(38-3)10-8-19/h4-6,12-14,16,19,24,33H,7-11,15H2,1-3H3,(H,35,36). The molecule has 2 heterocycles. The van der Waals surface area contributed by atoms with Crippen LogP contribution in [0.2, 0.25) is 5.02 Å². The van der Waals surface area contributed by atoms with E-state index in [-0.39, 0.29) is 35.5 Å². The van der Waals surface area contributed by atoms with E-state index in [9.17, 15) is 24.2 Å². The summed E-state index contributed by atoms with van der Waals surface area (Å²) in [5, 5.41) is 20.1. The van der Waals surface area contributed by atoms with Gasteiger partial charge in [0.2, 0.25) is 5.43 Å². The number of nitrogens with zero attached hydrogens (tertiary/aromatic N) is 2. The quantitative estimate of drug-likeness (QED) is 0.338. The van der Waals surface area contributed by atoms with Gasteiger partial charge in [-0.05, 0) is 48.3 Å². The number of hydrogen-bond donors (Lipinski definition) is 2. The highest BCUT2D eigenvalue weighted by Gasteiger charge is 2.25. The van der Waals surface area contributed by atoms with Crippen molar-refractivity contribution in [3.63, 3.8) is 0 Å². The van der Waals surface area contributed by atoms with Gasteiger partial charge in [0, 0.05) is 37.2 Å². The van der Waals surface area contributed by atoms with Gasteiger partial charge in [0.25, 0.3) is 0 Å². The molecule has 1 fully saturated rings. The van der Waals surface area contributed by atoms with E-state index in [1.54, 1.807) is 40.8 Å². The lowest BCUT2D eigenvalue weighted by Crippen LogP contribution is -2.34. The van der Waals surface area contributed by atoms with Crippen molar-refractivity contribution in [3.8, 4) is 5.75 Å². The van der Waals surface area contributed by atoms with Gasteiger partial charge in [0.05, 0.1) is 23.2 Å². The molecule has 10 heteroatoms. The Labute approximate surface area is 230 Å². The summed E-state index contributed by atoms with van der Waals surface area (Å²) in [4.78, 5) is 25.3. The number of carbonyl (C=O) groups is 1. The zero-order chi connectivity index (χ0) is 27.6. The van der Waals surface area contributed by atoms with Gasteiger partial charge in [-0.1, -0.05) is 49.5 Å². The number of benzene rings is 2. The minimum Gasteiger partial charge on any atom is -0.490 e. The van der Waals surface area contributed by atoms with E-state index < -0.39 is 28.8 Å². The van der Waals surface area contributed by atoms with E-state index in [0.29, 0.717) is 22.4 Å². The van der Waals surface area contributed by atoms with E-state index in [0.717, 1.165) is 25.9 Å². The molecule has 1 aliphatic heterocycles. The third-order valence-electron chi connectivity index (χ3n) is 7.12. The summed E-state index contributed by atoms with van der Waals surface area (Å²) in [5.74, 6) is -1.45. The van der Waals surface area contributed by atoms with Crippen molar-refractivity contribution in [2.24, 2.45) is 5.92 Å². The first-order valence-electron chi connectivity index (χ1n) is 12.6. The first-order chi connectivity index (χ1) is 18.1. The lowest BCUT2D eigenvalue weighted by molar-refractivity contribution is 0.0694. The highest BCUT2D eigenvalue weighted by molar-refractivity contribution is 7.96. The number of aliphatic hydroxyl groups excluding tert-OH is 1. The molecule has 0 radical (unpaired) electrons. The lowest BCUT2D eigenvalue weighted by Gasteiger charge is -2.31. The van der Waals surface area contributed by atoms with E-state index >= 15 is 0 Å². The molecular weight excluding hydrogens is 531 g/mol. The smallest absolute Gasteiger partial charge is 0.341 e. The number of piperidine rings is 1. The Morgan fingerprint density at radius 1 is 1.24 bits per heavy atom. The molecule has 0 aliphatic carbocycles. The summed E-state index contributed by atoms with van der Waals surface area (Å²) < 4.78 is 25.3. The highest BCUT2D eigenvalue weighted by atomic mass is 35.5. The monoisotopic (exact) mass is 562 g/mol. The number of halogens is 2. The Bertz CT molecular complexity index is 1390. The minimum absolute atomic E-state index is 0.00608. The minimum atomic E-state index is -1.35. The van der Waals surface area contributed by atoms with Crippen molar-refractivity contribution >= 4 is 40.4 Å². The number of hydrogen-bond acceptors (Lipinski definition) is 6. The van der Waals surface area contributed by atoms with E-state index in [1.807, 2.05) is 20.1 Å². The molecule has 204 valence electrons. The van der Waals surface area contributed by atoms with Crippen LogP contribution in [0.25, 0.3) is 10.9 Å².